The quantitative estimate of drug-likeness (QED) is 0.669. The normalized spacial score (nSPS) is 9.95. The summed E-state index contributed by atoms with van der Waals surface area (Å²) in [5.74, 6) is 0. The number of rotatable bonds is 4. The monoisotopic (exact) mass is 321 g/mol. The van der Waals surface area contributed by atoms with Crippen LogP contribution in [0.5, 0.6) is 0 Å². The van der Waals surface area contributed by atoms with Gasteiger partial charge in [0.1, 0.15) is 6.07 Å². The summed E-state index contributed by atoms with van der Waals surface area (Å²) in [4.78, 5) is 10.5. The number of nitrogens with zero attached hydrogens (tertiary/aromatic N) is 2. The third-order valence-electron chi connectivity index (χ3n) is 2.85. The van der Waals surface area contributed by atoms with Crippen LogP contribution in [0.15, 0.2) is 36.4 Å². The van der Waals surface area contributed by atoms with E-state index in [2.05, 4.69) is 5.32 Å². The van der Waals surface area contributed by atoms with E-state index >= 15 is 0 Å². The molecule has 0 spiro atoms. The Morgan fingerprint density at radius 1 is 1.29 bits per heavy atom. The summed E-state index contributed by atoms with van der Waals surface area (Å²) in [6, 6.07) is 11.3. The molecule has 0 radical (unpaired) electrons. The molecule has 2 aromatic rings. The van der Waals surface area contributed by atoms with Crippen molar-refractivity contribution in [1.29, 1.82) is 5.26 Å². The minimum Gasteiger partial charge on any atom is -0.380 e. The van der Waals surface area contributed by atoms with Gasteiger partial charge in [-0.2, -0.15) is 5.26 Å². The van der Waals surface area contributed by atoms with Crippen molar-refractivity contribution in [3.63, 3.8) is 0 Å². The Morgan fingerprint density at radius 2 is 2.05 bits per heavy atom. The van der Waals surface area contributed by atoms with Gasteiger partial charge in [0, 0.05) is 17.6 Å². The van der Waals surface area contributed by atoms with Crippen molar-refractivity contribution in [1.82, 2.24) is 0 Å². The van der Waals surface area contributed by atoms with E-state index in [1.807, 2.05) is 6.07 Å². The van der Waals surface area contributed by atoms with Crippen molar-refractivity contribution >= 4 is 34.6 Å². The maximum Gasteiger partial charge on any atom is 0.275 e. The topological polar surface area (TPSA) is 79.0 Å². The van der Waals surface area contributed by atoms with Gasteiger partial charge in [0.2, 0.25) is 0 Å². The molecule has 0 amide bonds. The summed E-state index contributed by atoms with van der Waals surface area (Å²) in [5.41, 5.74) is 1.18. The molecule has 0 unspecified atom stereocenters. The first-order valence-corrected chi connectivity index (χ1v) is 6.64. The highest BCUT2D eigenvalue weighted by atomic mass is 35.5. The Kier molecular flexibility index (Phi) is 4.63. The largest absolute Gasteiger partial charge is 0.380 e. The highest BCUT2D eigenvalue weighted by molar-refractivity contribution is 6.31. The van der Waals surface area contributed by atoms with Gasteiger partial charge >= 0.3 is 0 Å². The van der Waals surface area contributed by atoms with Crippen molar-refractivity contribution in [2.24, 2.45) is 0 Å². The first kappa shape index (κ1) is 15.1. The van der Waals surface area contributed by atoms with Crippen LogP contribution < -0.4 is 5.32 Å². The Bertz CT molecular complexity index is 741. The molecule has 1 N–H and O–H groups in total. The summed E-state index contributed by atoms with van der Waals surface area (Å²) in [6.07, 6.45) is 0. The van der Waals surface area contributed by atoms with Gasteiger partial charge in [0.05, 0.1) is 26.8 Å². The van der Waals surface area contributed by atoms with Gasteiger partial charge in [-0.05, 0) is 24.3 Å². The standard InChI is InChI=1S/C14H9Cl2N3O2/c15-10-5-4-9(7-17)13(6-10)18-8-11-12(16)2-1-3-14(11)19(20)21/h1-6,18H,8H2. The number of hydrogen-bond donors (Lipinski definition) is 1. The van der Waals surface area contributed by atoms with Crippen molar-refractivity contribution in [3.8, 4) is 6.07 Å². The van der Waals surface area contributed by atoms with Crippen LogP contribution in [0.3, 0.4) is 0 Å². The molecule has 0 saturated heterocycles. The lowest BCUT2D eigenvalue weighted by molar-refractivity contribution is -0.385. The van der Waals surface area contributed by atoms with E-state index in [0.717, 1.165) is 0 Å². The number of halogens is 2. The molecule has 0 aliphatic rings. The van der Waals surface area contributed by atoms with Crippen LogP contribution in [0, 0.1) is 21.4 Å². The number of benzene rings is 2. The molecule has 2 rings (SSSR count). The highest BCUT2D eigenvalue weighted by Gasteiger charge is 2.16. The molecular weight excluding hydrogens is 313 g/mol. The summed E-state index contributed by atoms with van der Waals surface area (Å²) in [7, 11) is 0. The zero-order valence-electron chi connectivity index (χ0n) is 10.6. The molecule has 0 heterocycles. The molecule has 0 fully saturated rings. The Balaban J connectivity index is 2.31. The van der Waals surface area contributed by atoms with E-state index in [-0.39, 0.29) is 17.3 Å². The third kappa shape index (κ3) is 3.43. The lowest BCUT2D eigenvalue weighted by atomic mass is 10.1. The number of nitro benzene ring substituents is 1. The summed E-state index contributed by atoms with van der Waals surface area (Å²) >= 11 is 11.9. The van der Waals surface area contributed by atoms with Crippen molar-refractivity contribution in [3.05, 3.63) is 67.7 Å². The lowest BCUT2D eigenvalue weighted by Gasteiger charge is -2.10. The second-order valence-corrected chi connectivity index (χ2v) is 4.99. The zero-order valence-corrected chi connectivity index (χ0v) is 12.1. The first-order chi connectivity index (χ1) is 10.0. The molecule has 106 valence electrons. The second kappa shape index (κ2) is 6.44. The molecule has 21 heavy (non-hydrogen) atoms. The molecule has 0 saturated carbocycles. The molecular formula is C14H9Cl2N3O2. The predicted molar refractivity (Wildman–Crippen MR) is 81.6 cm³/mol. The third-order valence-corrected chi connectivity index (χ3v) is 3.44. The van der Waals surface area contributed by atoms with E-state index in [0.29, 0.717) is 21.8 Å². The molecule has 2 aromatic carbocycles. The van der Waals surface area contributed by atoms with Crippen LogP contribution in [-0.4, -0.2) is 4.92 Å². The average molecular weight is 322 g/mol. The Hall–Kier alpha value is -2.29. The Morgan fingerprint density at radius 3 is 2.71 bits per heavy atom. The van der Waals surface area contributed by atoms with Gasteiger partial charge in [-0.3, -0.25) is 10.1 Å². The van der Waals surface area contributed by atoms with Gasteiger partial charge in [-0.15, -0.1) is 0 Å². The fourth-order valence-corrected chi connectivity index (χ4v) is 2.25. The summed E-state index contributed by atoms with van der Waals surface area (Å²) < 4.78 is 0. The molecule has 5 nitrogen and oxygen atoms in total. The minimum absolute atomic E-state index is 0.0736. The van der Waals surface area contributed by atoms with E-state index in [1.54, 1.807) is 24.3 Å². The number of nitrogens with one attached hydrogen (secondary N) is 1. The van der Waals surface area contributed by atoms with Crippen LogP contribution in [0.2, 0.25) is 10.0 Å². The van der Waals surface area contributed by atoms with Gasteiger partial charge < -0.3 is 5.32 Å². The fraction of sp³-hybridized carbons (Fsp3) is 0.0714. The van der Waals surface area contributed by atoms with Crippen LogP contribution in [0.25, 0.3) is 0 Å². The fourth-order valence-electron chi connectivity index (χ4n) is 1.84. The maximum atomic E-state index is 11.0. The lowest BCUT2D eigenvalue weighted by Crippen LogP contribution is -2.05. The molecule has 0 aromatic heterocycles. The van der Waals surface area contributed by atoms with Crippen LogP contribution in [0.1, 0.15) is 11.1 Å². The van der Waals surface area contributed by atoms with Gasteiger partial charge in [0.25, 0.3) is 5.69 Å². The van der Waals surface area contributed by atoms with Gasteiger partial charge in [-0.25, -0.2) is 0 Å². The second-order valence-electron chi connectivity index (χ2n) is 4.15. The molecule has 0 aliphatic carbocycles. The first-order valence-electron chi connectivity index (χ1n) is 5.88. The predicted octanol–water partition coefficient (Wildman–Crippen LogP) is 4.39. The highest BCUT2D eigenvalue weighted by Crippen LogP contribution is 2.28. The average Bonchev–Trinajstić information content (AvgIpc) is 2.45. The smallest absolute Gasteiger partial charge is 0.275 e. The molecule has 0 bridgehead atoms. The maximum absolute atomic E-state index is 11.0. The number of nitro groups is 1. The SMILES string of the molecule is N#Cc1ccc(Cl)cc1NCc1c(Cl)cccc1[N+](=O)[O-]. The van der Waals surface area contributed by atoms with Gasteiger partial charge in [-0.1, -0.05) is 29.3 Å². The zero-order chi connectivity index (χ0) is 15.4. The van der Waals surface area contributed by atoms with Crippen LogP contribution in [-0.2, 0) is 6.54 Å². The molecule has 7 heteroatoms. The summed E-state index contributed by atoms with van der Waals surface area (Å²) in [6.45, 7) is 0.116. The molecule has 0 atom stereocenters. The van der Waals surface area contributed by atoms with E-state index < -0.39 is 4.92 Å². The van der Waals surface area contributed by atoms with Crippen molar-refractivity contribution in [2.45, 2.75) is 6.54 Å². The number of anilines is 1. The minimum atomic E-state index is -0.494. The summed E-state index contributed by atoms with van der Waals surface area (Å²) in [5, 5.41) is 23.8. The van der Waals surface area contributed by atoms with E-state index in [4.69, 9.17) is 28.5 Å². The Labute approximate surface area is 130 Å². The number of hydrogen-bond acceptors (Lipinski definition) is 4. The van der Waals surface area contributed by atoms with E-state index in [1.165, 1.54) is 12.1 Å². The van der Waals surface area contributed by atoms with Gasteiger partial charge in [0.15, 0.2) is 0 Å². The van der Waals surface area contributed by atoms with Crippen molar-refractivity contribution < 1.29 is 4.92 Å². The van der Waals surface area contributed by atoms with E-state index in [9.17, 15) is 10.1 Å². The van der Waals surface area contributed by atoms with Crippen LogP contribution in [0.4, 0.5) is 11.4 Å². The number of nitriles is 1. The van der Waals surface area contributed by atoms with Crippen LogP contribution >= 0.6 is 23.2 Å². The molecule has 0 aliphatic heterocycles. The van der Waals surface area contributed by atoms with Crippen molar-refractivity contribution in [2.75, 3.05) is 5.32 Å².